The Bertz CT molecular complexity index is 376. The second kappa shape index (κ2) is 5.79. The number of aryl methyl sites for hydroxylation is 2. The second-order valence-corrected chi connectivity index (χ2v) is 4.18. The summed E-state index contributed by atoms with van der Waals surface area (Å²) in [4.78, 5) is 11.2. The fourth-order valence-corrected chi connectivity index (χ4v) is 2.23. The van der Waals surface area contributed by atoms with Crippen molar-refractivity contribution in [2.24, 2.45) is 0 Å². The molecular formula is C10H17N3O2S. The van der Waals surface area contributed by atoms with Crippen LogP contribution in [0.1, 0.15) is 19.5 Å². The fraction of sp³-hybridized carbons (Fsp3) is 0.600. The molecule has 0 aliphatic carbocycles. The Kier molecular flexibility index (Phi) is 4.67. The van der Waals surface area contributed by atoms with Crippen molar-refractivity contribution in [2.45, 2.75) is 32.3 Å². The van der Waals surface area contributed by atoms with Crippen molar-refractivity contribution < 1.29 is 9.53 Å². The second-order valence-electron chi connectivity index (χ2n) is 3.21. The van der Waals surface area contributed by atoms with Gasteiger partial charge in [-0.2, -0.15) is 5.10 Å². The summed E-state index contributed by atoms with van der Waals surface area (Å²) >= 11 is 1.37. The number of carbonyl (C=O) groups excluding carboxylic acids is 1. The number of ether oxygens (including phenoxy) is 1. The first kappa shape index (κ1) is 12.9. The third kappa shape index (κ3) is 2.91. The van der Waals surface area contributed by atoms with E-state index in [1.807, 2.05) is 13.8 Å². The van der Waals surface area contributed by atoms with Gasteiger partial charge in [0.1, 0.15) is 5.03 Å². The molecule has 0 fully saturated rings. The molecule has 90 valence electrons. The Morgan fingerprint density at radius 3 is 2.81 bits per heavy atom. The smallest absolute Gasteiger partial charge is 0.316 e. The van der Waals surface area contributed by atoms with Gasteiger partial charge in [-0.05, 0) is 20.8 Å². The van der Waals surface area contributed by atoms with Crippen LogP contribution in [0.4, 0.5) is 5.69 Å². The van der Waals surface area contributed by atoms with Gasteiger partial charge in [0.05, 0.1) is 23.7 Å². The van der Waals surface area contributed by atoms with Crippen molar-refractivity contribution >= 4 is 23.4 Å². The van der Waals surface area contributed by atoms with Crippen LogP contribution in [0, 0.1) is 6.92 Å². The predicted molar refractivity (Wildman–Crippen MR) is 64.4 cm³/mol. The fourth-order valence-electron chi connectivity index (χ4n) is 1.27. The SMILES string of the molecule is CCOC(=O)CSc1c(N)c(C)nn1CC. The van der Waals surface area contributed by atoms with Gasteiger partial charge in [-0.15, -0.1) is 0 Å². The Hall–Kier alpha value is -1.17. The maximum atomic E-state index is 11.2. The van der Waals surface area contributed by atoms with Crippen LogP contribution in [0.15, 0.2) is 5.03 Å². The Labute approximate surface area is 99.3 Å². The first-order chi connectivity index (χ1) is 7.60. The highest BCUT2D eigenvalue weighted by Crippen LogP contribution is 2.27. The minimum absolute atomic E-state index is 0.228. The molecule has 6 heteroatoms. The Balaban J connectivity index is 2.69. The number of anilines is 1. The number of hydrogen-bond acceptors (Lipinski definition) is 5. The number of thioether (sulfide) groups is 1. The van der Waals surface area contributed by atoms with Gasteiger partial charge in [0, 0.05) is 6.54 Å². The van der Waals surface area contributed by atoms with E-state index in [2.05, 4.69) is 5.10 Å². The Morgan fingerprint density at radius 1 is 1.56 bits per heavy atom. The summed E-state index contributed by atoms with van der Waals surface area (Å²) in [5, 5.41) is 5.11. The molecule has 0 saturated heterocycles. The molecule has 1 aromatic heterocycles. The van der Waals surface area contributed by atoms with Crippen molar-refractivity contribution in [3.63, 3.8) is 0 Å². The predicted octanol–water partition coefficient (Wildman–Crippen LogP) is 1.45. The molecule has 0 radical (unpaired) electrons. The minimum Gasteiger partial charge on any atom is -0.465 e. The van der Waals surface area contributed by atoms with Crippen molar-refractivity contribution in [1.82, 2.24) is 9.78 Å². The summed E-state index contributed by atoms with van der Waals surface area (Å²) in [6, 6.07) is 0. The lowest BCUT2D eigenvalue weighted by atomic mass is 10.4. The van der Waals surface area contributed by atoms with Gasteiger partial charge in [0.2, 0.25) is 0 Å². The molecule has 0 spiro atoms. The topological polar surface area (TPSA) is 70.1 Å². The number of esters is 1. The number of hydrogen-bond donors (Lipinski definition) is 1. The number of carbonyl (C=O) groups is 1. The summed E-state index contributed by atoms with van der Waals surface area (Å²) in [5.74, 6) is 0.0387. The van der Waals surface area contributed by atoms with E-state index in [1.165, 1.54) is 11.8 Å². The molecule has 16 heavy (non-hydrogen) atoms. The summed E-state index contributed by atoms with van der Waals surface area (Å²) in [6.07, 6.45) is 0. The molecule has 1 rings (SSSR count). The van der Waals surface area contributed by atoms with Crippen LogP contribution in [0.3, 0.4) is 0 Å². The third-order valence-corrected chi connectivity index (χ3v) is 3.14. The van der Waals surface area contributed by atoms with Gasteiger partial charge >= 0.3 is 5.97 Å². The van der Waals surface area contributed by atoms with Crippen molar-refractivity contribution in [3.8, 4) is 0 Å². The molecule has 0 unspecified atom stereocenters. The highest BCUT2D eigenvalue weighted by molar-refractivity contribution is 8.00. The van der Waals surface area contributed by atoms with E-state index in [0.29, 0.717) is 12.3 Å². The summed E-state index contributed by atoms with van der Waals surface area (Å²) in [6.45, 7) is 6.78. The molecular weight excluding hydrogens is 226 g/mol. The van der Waals surface area contributed by atoms with Crippen molar-refractivity contribution in [1.29, 1.82) is 0 Å². The molecule has 0 aliphatic heterocycles. The Morgan fingerprint density at radius 2 is 2.25 bits per heavy atom. The molecule has 5 nitrogen and oxygen atoms in total. The summed E-state index contributed by atoms with van der Waals surface area (Å²) in [7, 11) is 0. The lowest BCUT2D eigenvalue weighted by Crippen LogP contribution is -2.08. The monoisotopic (exact) mass is 243 g/mol. The first-order valence-corrected chi connectivity index (χ1v) is 6.20. The quantitative estimate of drug-likeness (QED) is 0.626. The first-order valence-electron chi connectivity index (χ1n) is 5.21. The van der Waals surface area contributed by atoms with Crippen LogP contribution >= 0.6 is 11.8 Å². The van der Waals surface area contributed by atoms with E-state index in [4.69, 9.17) is 10.5 Å². The van der Waals surface area contributed by atoms with Crippen molar-refractivity contribution in [2.75, 3.05) is 18.1 Å². The van der Waals surface area contributed by atoms with Gasteiger partial charge in [0.15, 0.2) is 0 Å². The zero-order valence-electron chi connectivity index (χ0n) is 9.82. The van der Waals surface area contributed by atoms with Gasteiger partial charge in [-0.3, -0.25) is 9.48 Å². The molecule has 2 N–H and O–H groups in total. The number of rotatable bonds is 5. The standard InChI is InChI=1S/C10H17N3O2S/c1-4-13-10(9(11)7(3)12-13)16-6-8(14)15-5-2/h4-6,11H2,1-3H3. The normalized spacial score (nSPS) is 10.4. The van der Waals surface area contributed by atoms with Crippen molar-refractivity contribution in [3.05, 3.63) is 5.69 Å². The maximum Gasteiger partial charge on any atom is 0.316 e. The average molecular weight is 243 g/mol. The number of nitrogens with zero attached hydrogens (tertiary/aromatic N) is 2. The average Bonchev–Trinajstić information content (AvgIpc) is 2.53. The summed E-state index contributed by atoms with van der Waals surface area (Å²) in [5.41, 5.74) is 7.33. The highest BCUT2D eigenvalue weighted by atomic mass is 32.2. The van der Waals surface area contributed by atoms with E-state index < -0.39 is 0 Å². The van der Waals surface area contributed by atoms with Crippen LogP contribution in [0.5, 0.6) is 0 Å². The van der Waals surface area contributed by atoms with E-state index in [9.17, 15) is 4.79 Å². The molecule has 1 aromatic rings. The molecule has 1 heterocycles. The maximum absolute atomic E-state index is 11.2. The van der Waals surface area contributed by atoms with Gasteiger partial charge in [-0.25, -0.2) is 0 Å². The van der Waals surface area contributed by atoms with Crippen LogP contribution < -0.4 is 5.73 Å². The molecule has 0 atom stereocenters. The van der Waals surface area contributed by atoms with E-state index in [0.717, 1.165) is 17.3 Å². The lowest BCUT2D eigenvalue weighted by molar-refractivity contribution is -0.139. The van der Waals surface area contributed by atoms with Gasteiger partial charge < -0.3 is 10.5 Å². The largest absolute Gasteiger partial charge is 0.465 e. The minimum atomic E-state index is -0.228. The number of nitrogen functional groups attached to an aromatic ring is 1. The van der Waals surface area contributed by atoms with Crippen LogP contribution in [-0.4, -0.2) is 28.1 Å². The summed E-state index contributed by atoms with van der Waals surface area (Å²) < 4.78 is 6.65. The van der Waals surface area contributed by atoms with Crippen LogP contribution in [0.25, 0.3) is 0 Å². The lowest BCUT2D eigenvalue weighted by Gasteiger charge is -2.05. The highest BCUT2D eigenvalue weighted by Gasteiger charge is 2.13. The number of aromatic nitrogens is 2. The van der Waals surface area contributed by atoms with E-state index in [-0.39, 0.29) is 11.7 Å². The van der Waals surface area contributed by atoms with Gasteiger partial charge in [0.25, 0.3) is 0 Å². The third-order valence-electron chi connectivity index (χ3n) is 2.06. The van der Waals surface area contributed by atoms with E-state index in [1.54, 1.807) is 11.6 Å². The van der Waals surface area contributed by atoms with Gasteiger partial charge in [-0.1, -0.05) is 11.8 Å². The zero-order chi connectivity index (χ0) is 12.1. The molecule has 0 amide bonds. The van der Waals surface area contributed by atoms with Crippen LogP contribution in [0.2, 0.25) is 0 Å². The molecule has 0 saturated carbocycles. The van der Waals surface area contributed by atoms with E-state index >= 15 is 0 Å². The molecule has 0 bridgehead atoms. The zero-order valence-corrected chi connectivity index (χ0v) is 10.6. The number of nitrogens with two attached hydrogens (primary N) is 1. The van der Waals surface area contributed by atoms with Crippen LogP contribution in [-0.2, 0) is 16.1 Å². The molecule has 0 aliphatic rings. The molecule has 0 aromatic carbocycles.